The molecule has 20 heavy (non-hydrogen) atoms. The van der Waals surface area contributed by atoms with Crippen molar-refractivity contribution >= 4 is 10.0 Å². The Kier molecular flexibility index (Phi) is 4.38. The molecule has 2 atom stereocenters. The van der Waals surface area contributed by atoms with Gasteiger partial charge in [-0.15, -0.1) is 0 Å². The first-order valence-corrected chi connectivity index (χ1v) is 7.72. The van der Waals surface area contributed by atoms with Crippen LogP contribution in [0.15, 0.2) is 23.1 Å². The van der Waals surface area contributed by atoms with Crippen LogP contribution in [-0.4, -0.2) is 27.7 Å². The summed E-state index contributed by atoms with van der Waals surface area (Å²) < 4.78 is 45.7. The Balaban J connectivity index is 2.27. The molecular weight excluding hydrogens is 283 g/mol. The van der Waals surface area contributed by atoms with Gasteiger partial charge in [0.05, 0.1) is 6.61 Å². The maximum atomic E-state index is 13.5. The lowest BCUT2D eigenvalue weighted by molar-refractivity contribution is 0.180. The van der Waals surface area contributed by atoms with Crippen LogP contribution in [0.5, 0.6) is 0 Å². The molecule has 0 aliphatic carbocycles. The van der Waals surface area contributed by atoms with Gasteiger partial charge in [-0.25, -0.2) is 17.5 Å². The Morgan fingerprint density at radius 2 is 2.30 bits per heavy atom. The third kappa shape index (κ3) is 2.98. The number of ether oxygens (including phenoxy) is 1. The molecular formula is C13H15FN2O3S. The van der Waals surface area contributed by atoms with Crippen molar-refractivity contribution in [3.05, 3.63) is 29.6 Å². The second-order valence-corrected chi connectivity index (χ2v) is 6.44. The summed E-state index contributed by atoms with van der Waals surface area (Å²) in [6, 6.07) is 4.82. The van der Waals surface area contributed by atoms with Crippen LogP contribution in [-0.2, 0) is 14.8 Å². The van der Waals surface area contributed by atoms with E-state index in [0.29, 0.717) is 13.2 Å². The van der Waals surface area contributed by atoms with Gasteiger partial charge in [-0.1, -0.05) is 6.07 Å². The minimum Gasteiger partial charge on any atom is -0.381 e. The number of hydrogen-bond donors (Lipinski definition) is 1. The molecule has 1 aromatic carbocycles. The number of nitrogens with zero attached hydrogens (tertiary/aromatic N) is 1. The second-order valence-electron chi connectivity index (χ2n) is 4.76. The molecule has 1 N–H and O–H groups in total. The molecule has 0 bridgehead atoms. The van der Waals surface area contributed by atoms with Crippen LogP contribution in [0.25, 0.3) is 0 Å². The minimum atomic E-state index is -3.93. The third-order valence-electron chi connectivity index (χ3n) is 3.39. The summed E-state index contributed by atoms with van der Waals surface area (Å²) in [5.74, 6) is -0.754. The van der Waals surface area contributed by atoms with Crippen molar-refractivity contribution in [3.63, 3.8) is 0 Å². The highest BCUT2D eigenvalue weighted by Crippen LogP contribution is 2.21. The van der Waals surface area contributed by atoms with Gasteiger partial charge in [0.2, 0.25) is 10.0 Å². The molecule has 1 fully saturated rings. The van der Waals surface area contributed by atoms with Gasteiger partial charge in [-0.05, 0) is 25.5 Å². The molecule has 1 aliphatic rings. The average Bonchev–Trinajstić information content (AvgIpc) is 2.91. The fourth-order valence-electron chi connectivity index (χ4n) is 2.19. The first kappa shape index (κ1) is 14.9. The van der Waals surface area contributed by atoms with Gasteiger partial charge in [-0.3, -0.25) is 0 Å². The molecule has 0 spiro atoms. The fourth-order valence-corrected chi connectivity index (χ4v) is 3.67. The second kappa shape index (κ2) is 5.87. The topological polar surface area (TPSA) is 79.2 Å². The first-order chi connectivity index (χ1) is 9.45. The SMILES string of the molecule is CC(NS(=O)(=O)c1cccc(F)c1C#N)C1CCOC1. The van der Waals surface area contributed by atoms with Crippen LogP contribution >= 0.6 is 0 Å². The molecule has 108 valence electrons. The third-order valence-corrected chi connectivity index (χ3v) is 4.99. The van der Waals surface area contributed by atoms with Crippen molar-refractivity contribution in [2.24, 2.45) is 5.92 Å². The van der Waals surface area contributed by atoms with Crippen molar-refractivity contribution in [2.45, 2.75) is 24.3 Å². The van der Waals surface area contributed by atoms with Gasteiger partial charge in [0.25, 0.3) is 0 Å². The molecule has 2 rings (SSSR count). The van der Waals surface area contributed by atoms with Crippen molar-refractivity contribution < 1.29 is 17.5 Å². The highest BCUT2D eigenvalue weighted by atomic mass is 32.2. The minimum absolute atomic E-state index is 0.0869. The van der Waals surface area contributed by atoms with E-state index in [0.717, 1.165) is 12.5 Å². The Morgan fingerprint density at radius 1 is 1.55 bits per heavy atom. The van der Waals surface area contributed by atoms with E-state index >= 15 is 0 Å². The van der Waals surface area contributed by atoms with Gasteiger partial charge >= 0.3 is 0 Å². The maximum absolute atomic E-state index is 13.5. The zero-order valence-electron chi connectivity index (χ0n) is 11.0. The van der Waals surface area contributed by atoms with Crippen molar-refractivity contribution in [1.82, 2.24) is 4.72 Å². The summed E-state index contributed by atoms with van der Waals surface area (Å²) in [5, 5.41) is 8.91. The molecule has 7 heteroatoms. The summed E-state index contributed by atoms with van der Waals surface area (Å²) in [4.78, 5) is -0.328. The number of benzene rings is 1. The van der Waals surface area contributed by atoms with E-state index in [9.17, 15) is 12.8 Å². The Morgan fingerprint density at radius 3 is 2.90 bits per heavy atom. The maximum Gasteiger partial charge on any atom is 0.242 e. The summed E-state index contributed by atoms with van der Waals surface area (Å²) in [6.07, 6.45) is 0.776. The van der Waals surface area contributed by atoms with E-state index in [1.54, 1.807) is 13.0 Å². The molecule has 1 aromatic rings. The number of nitrogens with one attached hydrogen (secondary N) is 1. The highest BCUT2D eigenvalue weighted by Gasteiger charge is 2.28. The van der Waals surface area contributed by atoms with Crippen molar-refractivity contribution in [3.8, 4) is 6.07 Å². The first-order valence-electron chi connectivity index (χ1n) is 6.24. The van der Waals surface area contributed by atoms with Crippen molar-refractivity contribution in [1.29, 1.82) is 5.26 Å². The van der Waals surface area contributed by atoms with E-state index in [1.165, 1.54) is 12.1 Å². The monoisotopic (exact) mass is 298 g/mol. The van der Waals surface area contributed by atoms with Crippen molar-refractivity contribution in [2.75, 3.05) is 13.2 Å². The molecule has 1 aliphatic heterocycles. The zero-order valence-corrected chi connectivity index (χ0v) is 11.8. The van der Waals surface area contributed by atoms with Gasteiger partial charge in [0.15, 0.2) is 0 Å². The molecule has 0 radical (unpaired) electrons. The largest absolute Gasteiger partial charge is 0.381 e. The lowest BCUT2D eigenvalue weighted by Crippen LogP contribution is -2.38. The Hall–Kier alpha value is -1.49. The number of hydrogen-bond acceptors (Lipinski definition) is 4. The van der Waals surface area contributed by atoms with Gasteiger partial charge < -0.3 is 4.74 Å². The molecule has 0 aromatic heterocycles. The van der Waals surface area contributed by atoms with E-state index in [4.69, 9.17) is 10.00 Å². The van der Waals surface area contributed by atoms with Crippen LogP contribution in [0.3, 0.4) is 0 Å². The zero-order chi connectivity index (χ0) is 14.8. The van der Waals surface area contributed by atoms with E-state index in [1.807, 2.05) is 0 Å². The van der Waals surface area contributed by atoms with Crippen LogP contribution in [0.1, 0.15) is 18.9 Å². The van der Waals surface area contributed by atoms with E-state index < -0.39 is 21.4 Å². The fraction of sp³-hybridized carbons (Fsp3) is 0.462. The average molecular weight is 298 g/mol. The highest BCUT2D eigenvalue weighted by molar-refractivity contribution is 7.89. The summed E-state index contributed by atoms with van der Waals surface area (Å²) in [7, 11) is -3.93. The lowest BCUT2D eigenvalue weighted by Gasteiger charge is -2.19. The van der Waals surface area contributed by atoms with Crippen LogP contribution in [0.4, 0.5) is 4.39 Å². The predicted molar refractivity (Wildman–Crippen MR) is 69.8 cm³/mol. The summed E-state index contributed by atoms with van der Waals surface area (Å²) in [5.41, 5.74) is -0.463. The number of halogens is 1. The number of sulfonamides is 1. The quantitative estimate of drug-likeness (QED) is 0.911. The summed E-state index contributed by atoms with van der Waals surface area (Å²) >= 11 is 0. The standard InChI is InChI=1S/C13H15FN2O3S/c1-9(10-5-6-19-8-10)16-20(17,18)13-4-2-3-12(14)11(13)7-15/h2-4,9-10,16H,5-6,8H2,1H3. The molecule has 0 amide bonds. The van der Waals surface area contributed by atoms with Crippen LogP contribution < -0.4 is 4.72 Å². The Bertz CT molecular complexity index is 634. The number of nitriles is 1. The van der Waals surface area contributed by atoms with Crippen LogP contribution in [0.2, 0.25) is 0 Å². The van der Waals surface area contributed by atoms with E-state index in [-0.39, 0.29) is 16.9 Å². The van der Waals surface area contributed by atoms with Gasteiger partial charge in [0, 0.05) is 18.6 Å². The van der Waals surface area contributed by atoms with Crippen LogP contribution in [0, 0.1) is 23.1 Å². The summed E-state index contributed by atoms with van der Waals surface area (Å²) in [6.45, 7) is 2.85. The molecule has 5 nitrogen and oxygen atoms in total. The molecule has 1 saturated heterocycles. The number of rotatable bonds is 4. The normalized spacial score (nSPS) is 20.6. The van der Waals surface area contributed by atoms with Gasteiger partial charge in [0.1, 0.15) is 22.3 Å². The van der Waals surface area contributed by atoms with Gasteiger partial charge in [-0.2, -0.15) is 5.26 Å². The molecule has 2 unspecified atom stereocenters. The molecule has 0 saturated carbocycles. The van der Waals surface area contributed by atoms with E-state index in [2.05, 4.69) is 4.72 Å². The molecule has 1 heterocycles. The predicted octanol–water partition coefficient (Wildman–Crippen LogP) is 1.40. The smallest absolute Gasteiger partial charge is 0.242 e. The lowest BCUT2D eigenvalue weighted by atomic mass is 10.0. The Labute approximate surface area is 117 Å².